The molecule has 1 saturated carbocycles. The van der Waals surface area contributed by atoms with E-state index in [0.717, 1.165) is 18.4 Å². The Labute approximate surface area is 163 Å². The fourth-order valence-electron chi connectivity index (χ4n) is 3.21. The lowest BCUT2D eigenvalue weighted by atomic mass is 9.94. The van der Waals surface area contributed by atoms with Gasteiger partial charge >= 0.3 is 12.0 Å². The van der Waals surface area contributed by atoms with E-state index < -0.39 is 12.0 Å². The van der Waals surface area contributed by atoms with Gasteiger partial charge in [0.15, 0.2) is 6.61 Å². The number of benzene rings is 1. The largest absolute Gasteiger partial charge is 0.479 e. The lowest BCUT2D eigenvalue weighted by Gasteiger charge is -2.35. The van der Waals surface area contributed by atoms with E-state index in [2.05, 4.69) is 5.32 Å². The summed E-state index contributed by atoms with van der Waals surface area (Å²) < 4.78 is 15.5. The minimum Gasteiger partial charge on any atom is -0.479 e. The number of ether oxygens (including phenoxy) is 3. The van der Waals surface area contributed by atoms with E-state index in [1.807, 2.05) is 6.07 Å². The number of nitriles is 1. The van der Waals surface area contributed by atoms with Crippen LogP contribution >= 0.6 is 0 Å². The Morgan fingerprint density at radius 2 is 2.00 bits per heavy atom. The molecule has 8 heteroatoms. The molecule has 3 rings (SSSR count). The number of amides is 2. The van der Waals surface area contributed by atoms with Crippen LogP contribution in [0.4, 0.5) is 4.79 Å². The van der Waals surface area contributed by atoms with Crippen molar-refractivity contribution in [2.24, 2.45) is 0 Å². The second-order valence-electron chi connectivity index (χ2n) is 6.63. The van der Waals surface area contributed by atoms with Gasteiger partial charge < -0.3 is 19.5 Å². The highest BCUT2D eigenvalue weighted by atomic mass is 16.6. The van der Waals surface area contributed by atoms with Crippen molar-refractivity contribution in [1.29, 1.82) is 5.26 Å². The molecule has 0 radical (unpaired) electrons. The summed E-state index contributed by atoms with van der Waals surface area (Å²) in [6.07, 6.45) is 1.85. The third-order valence-corrected chi connectivity index (χ3v) is 4.70. The van der Waals surface area contributed by atoms with Gasteiger partial charge in [-0.05, 0) is 37.5 Å². The zero-order valence-corrected chi connectivity index (χ0v) is 15.9. The molecule has 0 spiro atoms. The van der Waals surface area contributed by atoms with Crippen LogP contribution in [0, 0.1) is 11.3 Å². The monoisotopic (exact) mass is 385 g/mol. The van der Waals surface area contributed by atoms with Crippen LogP contribution < -0.4 is 10.1 Å². The van der Waals surface area contributed by atoms with Crippen molar-refractivity contribution < 1.29 is 23.8 Å². The van der Waals surface area contributed by atoms with Gasteiger partial charge in [-0.15, -0.1) is 0 Å². The summed E-state index contributed by atoms with van der Waals surface area (Å²) in [7, 11) is 1.53. The summed E-state index contributed by atoms with van der Waals surface area (Å²) in [6, 6.07) is 8.13. The van der Waals surface area contributed by atoms with Gasteiger partial charge in [0.1, 0.15) is 18.4 Å². The number of hydrogen-bond acceptors (Lipinski definition) is 6. The summed E-state index contributed by atoms with van der Waals surface area (Å²) in [6.45, 7) is 2.16. The number of nitrogens with zero attached hydrogens (tertiary/aromatic N) is 2. The SMILES string of the molecule is COCCOC(=O)C1=C(C)N(C2CC2)C(=O)N[C@H]1c1ccc(OCC#N)cc1. The van der Waals surface area contributed by atoms with E-state index >= 15 is 0 Å². The molecule has 8 nitrogen and oxygen atoms in total. The van der Waals surface area contributed by atoms with Gasteiger partial charge in [-0.2, -0.15) is 5.26 Å². The van der Waals surface area contributed by atoms with Gasteiger partial charge in [-0.3, -0.25) is 4.90 Å². The number of esters is 1. The summed E-state index contributed by atoms with van der Waals surface area (Å²) in [5.41, 5.74) is 1.75. The lowest BCUT2D eigenvalue weighted by molar-refractivity contribution is -0.140. The normalized spacial score (nSPS) is 19.1. The Kier molecular flexibility index (Phi) is 6.16. The van der Waals surface area contributed by atoms with Crippen LogP contribution in [0.25, 0.3) is 0 Å². The molecule has 1 heterocycles. The average molecular weight is 385 g/mol. The smallest absolute Gasteiger partial charge is 0.338 e. The number of rotatable bonds is 8. The van der Waals surface area contributed by atoms with Crippen LogP contribution in [0.15, 0.2) is 35.5 Å². The van der Waals surface area contributed by atoms with Gasteiger partial charge in [-0.1, -0.05) is 12.1 Å². The van der Waals surface area contributed by atoms with Gasteiger partial charge in [0, 0.05) is 18.8 Å². The number of methoxy groups -OCH3 is 1. The zero-order chi connectivity index (χ0) is 20.1. The molecule has 1 atom stereocenters. The molecule has 1 fully saturated rings. The summed E-state index contributed by atoms with van der Waals surface area (Å²) >= 11 is 0. The maximum absolute atomic E-state index is 12.8. The molecule has 0 aromatic heterocycles. The van der Waals surface area contributed by atoms with Crippen LogP contribution in [0.5, 0.6) is 5.75 Å². The fourth-order valence-corrected chi connectivity index (χ4v) is 3.21. The zero-order valence-electron chi connectivity index (χ0n) is 15.9. The van der Waals surface area contributed by atoms with Crippen LogP contribution in [0.1, 0.15) is 31.4 Å². The van der Waals surface area contributed by atoms with Crippen molar-refractivity contribution in [2.75, 3.05) is 26.9 Å². The highest BCUT2D eigenvalue weighted by Gasteiger charge is 2.42. The minimum absolute atomic E-state index is 0.0497. The molecule has 1 N–H and O–H groups in total. The number of carbonyl (C=O) groups excluding carboxylic acids is 2. The number of nitrogens with one attached hydrogen (secondary N) is 1. The predicted octanol–water partition coefficient (Wildman–Crippen LogP) is 2.28. The van der Waals surface area contributed by atoms with Crippen molar-refractivity contribution in [3.8, 4) is 11.8 Å². The Bertz CT molecular complexity index is 808. The van der Waals surface area contributed by atoms with E-state index in [1.165, 1.54) is 7.11 Å². The topological polar surface area (TPSA) is 101 Å². The second kappa shape index (κ2) is 8.76. The van der Waals surface area contributed by atoms with E-state index in [-0.39, 0.29) is 25.3 Å². The second-order valence-corrected chi connectivity index (χ2v) is 6.63. The van der Waals surface area contributed by atoms with Crippen molar-refractivity contribution in [1.82, 2.24) is 10.2 Å². The molecule has 28 heavy (non-hydrogen) atoms. The van der Waals surface area contributed by atoms with Crippen LogP contribution in [-0.2, 0) is 14.3 Å². The first kappa shape index (κ1) is 19.7. The van der Waals surface area contributed by atoms with Crippen LogP contribution in [0.3, 0.4) is 0 Å². The van der Waals surface area contributed by atoms with E-state index in [9.17, 15) is 9.59 Å². The lowest BCUT2D eigenvalue weighted by Crippen LogP contribution is -2.48. The molecule has 2 amide bonds. The van der Waals surface area contributed by atoms with E-state index in [4.69, 9.17) is 19.5 Å². The summed E-state index contributed by atoms with van der Waals surface area (Å²) in [5.74, 6) is 0.0620. The van der Waals surface area contributed by atoms with Gasteiger partial charge in [0.2, 0.25) is 0 Å². The van der Waals surface area contributed by atoms with Gasteiger partial charge in [-0.25, -0.2) is 9.59 Å². The molecule has 1 aliphatic carbocycles. The number of urea groups is 1. The molecule has 0 bridgehead atoms. The maximum Gasteiger partial charge on any atom is 0.338 e. The van der Waals surface area contributed by atoms with Crippen molar-refractivity contribution in [3.63, 3.8) is 0 Å². The highest BCUT2D eigenvalue weighted by Crippen LogP contribution is 2.38. The minimum atomic E-state index is -0.623. The van der Waals surface area contributed by atoms with E-state index in [1.54, 1.807) is 36.1 Å². The Morgan fingerprint density at radius 1 is 1.29 bits per heavy atom. The molecule has 0 saturated heterocycles. The molecule has 1 aromatic carbocycles. The number of hydrogen-bond donors (Lipinski definition) is 1. The molecule has 2 aliphatic rings. The van der Waals surface area contributed by atoms with Crippen molar-refractivity contribution >= 4 is 12.0 Å². The van der Waals surface area contributed by atoms with E-state index in [0.29, 0.717) is 23.6 Å². The Hall–Kier alpha value is -3.05. The standard InChI is InChI=1S/C20H23N3O5/c1-13-17(19(24)28-12-11-26-2)18(22-20(25)23(13)15-5-6-15)14-3-7-16(8-4-14)27-10-9-21/h3-4,7-8,15,18H,5-6,10-12H2,1-2H3,(H,22,25)/t18-/m0/s1. The predicted molar refractivity (Wildman–Crippen MR) is 99.2 cm³/mol. The Morgan fingerprint density at radius 3 is 2.61 bits per heavy atom. The fraction of sp³-hybridized carbons (Fsp3) is 0.450. The molecular weight excluding hydrogens is 362 g/mol. The van der Waals surface area contributed by atoms with Crippen molar-refractivity contribution in [2.45, 2.75) is 31.8 Å². The molecule has 1 aliphatic heterocycles. The third-order valence-electron chi connectivity index (χ3n) is 4.70. The van der Waals surface area contributed by atoms with Crippen LogP contribution in [-0.4, -0.2) is 49.9 Å². The van der Waals surface area contributed by atoms with Gasteiger partial charge in [0.25, 0.3) is 0 Å². The molecule has 0 unspecified atom stereocenters. The highest BCUT2D eigenvalue weighted by molar-refractivity contribution is 5.95. The third kappa shape index (κ3) is 4.26. The Balaban J connectivity index is 1.89. The maximum atomic E-state index is 12.8. The van der Waals surface area contributed by atoms with Gasteiger partial charge in [0.05, 0.1) is 18.2 Å². The molecule has 1 aromatic rings. The molecular formula is C20H23N3O5. The molecule has 148 valence electrons. The number of allylic oxidation sites excluding steroid dienone is 1. The average Bonchev–Trinajstić information content (AvgIpc) is 3.51. The summed E-state index contributed by atoms with van der Waals surface area (Å²) in [5, 5.41) is 11.5. The van der Waals surface area contributed by atoms with Crippen LogP contribution in [0.2, 0.25) is 0 Å². The first-order valence-corrected chi connectivity index (χ1v) is 9.13. The van der Waals surface area contributed by atoms with Crippen molar-refractivity contribution in [3.05, 3.63) is 41.1 Å². The number of carbonyl (C=O) groups is 2. The summed E-state index contributed by atoms with van der Waals surface area (Å²) in [4.78, 5) is 27.1. The quantitative estimate of drug-likeness (QED) is 0.544. The first-order valence-electron chi connectivity index (χ1n) is 9.13. The first-order chi connectivity index (χ1) is 13.6.